The largest absolute Gasteiger partial charge is 0.399 e. The van der Waals surface area contributed by atoms with E-state index in [4.69, 9.17) is 10.5 Å². The lowest BCUT2D eigenvalue weighted by Crippen LogP contribution is -2.35. The van der Waals surface area contributed by atoms with E-state index in [1.807, 2.05) is 6.92 Å². The van der Waals surface area contributed by atoms with Crippen LogP contribution in [0.1, 0.15) is 12.5 Å². The minimum atomic E-state index is -3.52. The lowest BCUT2D eigenvalue weighted by Gasteiger charge is -2.10. The van der Waals surface area contributed by atoms with Gasteiger partial charge in [-0.1, -0.05) is 6.07 Å². The van der Waals surface area contributed by atoms with Crippen molar-refractivity contribution in [3.8, 4) is 0 Å². The maximum atomic E-state index is 11.7. The average Bonchev–Trinajstić information content (AvgIpc) is 2.41. The monoisotopic (exact) mass is 315 g/mol. The van der Waals surface area contributed by atoms with E-state index >= 15 is 0 Å². The summed E-state index contributed by atoms with van der Waals surface area (Å²) >= 11 is 0. The van der Waals surface area contributed by atoms with Crippen molar-refractivity contribution in [1.29, 1.82) is 0 Å². The first kappa shape index (κ1) is 17.4. The molecule has 1 aromatic carbocycles. The number of sulfonamides is 1. The number of aryl methyl sites for hydroxylation is 1. The van der Waals surface area contributed by atoms with Crippen LogP contribution in [0.5, 0.6) is 0 Å². The van der Waals surface area contributed by atoms with Crippen LogP contribution in [0.3, 0.4) is 0 Å². The zero-order valence-corrected chi connectivity index (χ0v) is 13.0. The van der Waals surface area contributed by atoms with Gasteiger partial charge in [0.2, 0.25) is 15.9 Å². The number of hydrogen-bond acceptors (Lipinski definition) is 5. The molecule has 0 radical (unpaired) electrons. The number of ether oxygens (including phenoxy) is 1. The van der Waals surface area contributed by atoms with E-state index < -0.39 is 15.9 Å². The number of nitrogen functional groups attached to an aromatic ring is 1. The second-order valence-electron chi connectivity index (χ2n) is 4.46. The number of carbonyl (C=O) groups excluding carboxylic acids is 1. The molecule has 0 spiro atoms. The Hall–Kier alpha value is -1.64. The smallest absolute Gasteiger partial charge is 0.239 e. The molecule has 7 nitrogen and oxygen atoms in total. The van der Waals surface area contributed by atoms with E-state index in [-0.39, 0.29) is 18.9 Å². The van der Waals surface area contributed by atoms with Gasteiger partial charge in [-0.15, -0.1) is 0 Å². The zero-order valence-electron chi connectivity index (χ0n) is 12.2. The van der Waals surface area contributed by atoms with Crippen LogP contribution in [0.4, 0.5) is 11.4 Å². The fourth-order valence-corrected chi connectivity index (χ4v) is 2.36. The fourth-order valence-electron chi connectivity index (χ4n) is 1.53. The number of benzene rings is 1. The number of carbonyl (C=O) groups is 1. The first-order valence-electron chi connectivity index (χ1n) is 6.55. The van der Waals surface area contributed by atoms with E-state index in [9.17, 15) is 13.2 Å². The molecule has 8 heteroatoms. The third kappa shape index (κ3) is 6.56. The van der Waals surface area contributed by atoms with Crippen molar-refractivity contribution < 1.29 is 17.9 Å². The molecule has 0 unspecified atom stereocenters. The summed E-state index contributed by atoms with van der Waals surface area (Å²) in [5.74, 6) is -0.630. The Balaban J connectivity index is 2.49. The Morgan fingerprint density at radius 3 is 2.76 bits per heavy atom. The highest BCUT2D eigenvalue weighted by molar-refractivity contribution is 7.89. The first-order chi connectivity index (χ1) is 9.84. The van der Waals surface area contributed by atoms with Gasteiger partial charge >= 0.3 is 0 Å². The van der Waals surface area contributed by atoms with Gasteiger partial charge in [0.15, 0.2) is 0 Å². The summed E-state index contributed by atoms with van der Waals surface area (Å²) in [6, 6.07) is 5.12. The highest BCUT2D eigenvalue weighted by Crippen LogP contribution is 2.17. The summed E-state index contributed by atoms with van der Waals surface area (Å²) < 4.78 is 30.4. The molecule has 118 valence electrons. The minimum absolute atomic E-state index is 0.0990. The maximum Gasteiger partial charge on any atom is 0.239 e. The lowest BCUT2D eigenvalue weighted by atomic mass is 10.2. The molecule has 0 aliphatic carbocycles. The van der Waals surface area contributed by atoms with E-state index in [0.717, 1.165) is 5.56 Å². The van der Waals surface area contributed by atoms with Gasteiger partial charge in [0.25, 0.3) is 0 Å². The second kappa shape index (κ2) is 7.96. The highest BCUT2D eigenvalue weighted by atomic mass is 32.2. The van der Waals surface area contributed by atoms with Crippen LogP contribution < -0.4 is 15.8 Å². The van der Waals surface area contributed by atoms with Crippen LogP contribution in [-0.4, -0.2) is 39.8 Å². The Kier molecular flexibility index (Phi) is 6.60. The molecule has 0 aliphatic rings. The second-order valence-corrected chi connectivity index (χ2v) is 6.39. The quantitative estimate of drug-likeness (QED) is 0.477. The third-order valence-corrected chi connectivity index (χ3v) is 3.98. The van der Waals surface area contributed by atoms with Gasteiger partial charge in [0, 0.05) is 18.0 Å². The first-order valence-corrected chi connectivity index (χ1v) is 8.20. The van der Waals surface area contributed by atoms with E-state index in [2.05, 4.69) is 10.0 Å². The van der Waals surface area contributed by atoms with Crippen LogP contribution in [0, 0.1) is 6.92 Å². The Morgan fingerprint density at radius 1 is 1.38 bits per heavy atom. The molecular weight excluding hydrogens is 294 g/mol. The van der Waals surface area contributed by atoms with Gasteiger partial charge in [0.1, 0.15) is 0 Å². The molecule has 1 rings (SSSR count). The molecule has 0 fully saturated rings. The Morgan fingerprint density at radius 2 is 2.10 bits per heavy atom. The summed E-state index contributed by atoms with van der Waals surface area (Å²) in [6.07, 6.45) is 0. The number of nitrogens with two attached hydrogens (primary N) is 1. The van der Waals surface area contributed by atoms with Gasteiger partial charge in [-0.3, -0.25) is 4.79 Å². The van der Waals surface area contributed by atoms with Gasteiger partial charge in [-0.05, 0) is 31.5 Å². The minimum Gasteiger partial charge on any atom is -0.399 e. The van der Waals surface area contributed by atoms with Crippen LogP contribution >= 0.6 is 0 Å². The summed E-state index contributed by atoms with van der Waals surface area (Å²) in [5, 5.41) is 2.61. The van der Waals surface area contributed by atoms with Crippen LogP contribution in [0.2, 0.25) is 0 Å². The Bertz CT molecular complexity index is 587. The summed E-state index contributed by atoms with van der Waals surface area (Å²) in [5.41, 5.74) is 7.57. The molecule has 0 bridgehead atoms. The SMILES string of the molecule is CCOCCS(=O)(=O)NCC(=O)Nc1cc(N)ccc1C. The lowest BCUT2D eigenvalue weighted by molar-refractivity contribution is -0.115. The van der Waals surface area contributed by atoms with Gasteiger partial charge in [-0.2, -0.15) is 0 Å². The van der Waals surface area contributed by atoms with Crippen molar-refractivity contribution in [1.82, 2.24) is 4.72 Å². The third-order valence-electron chi connectivity index (χ3n) is 2.69. The van der Waals surface area contributed by atoms with E-state index in [1.54, 1.807) is 25.1 Å². The van der Waals surface area contributed by atoms with Gasteiger partial charge < -0.3 is 15.8 Å². The topological polar surface area (TPSA) is 111 Å². The number of rotatable bonds is 8. The molecule has 0 saturated carbocycles. The Labute approximate surface area is 124 Å². The molecule has 4 N–H and O–H groups in total. The normalized spacial score (nSPS) is 11.3. The summed E-state index contributed by atoms with van der Waals surface area (Å²) in [7, 11) is -3.52. The summed E-state index contributed by atoms with van der Waals surface area (Å²) in [6.45, 7) is 3.82. The van der Waals surface area contributed by atoms with E-state index in [0.29, 0.717) is 18.0 Å². The van der Waals surface area contributed by atoms with Gasteiger partial charge in [0.05, 0.1) is 18.9 Å². The molecule has 0 saturated heterocycles. The number of hydrogen-bond donors (Lipinski definition) is 3. The molecule has 0 atom stereocenters. The molecule has 0 heterocycles. The number of nitrogens with one attached hydrogen (secondary N) is 2. The predicted molar refractivity (Wildman–Crippen MR) is 82.5 cm³/mol. The number of anilines is 2. The maximum absolute atomic E-state index is 11.7. The summed E-state index contributed by atoms with van der Waals surface area (Å²) in [4.78, 5) is 11.7. The van der Waals surface area contributed by atoms with Crippen molar-refractivity contribution >= 4 is 27.3 Å². The van der Waals surface area contributed by atoms with Crippen molar-refractivity contribution in [3.63, 3.8) is 0 Å². The number of amides is 1. The molecule has 21 heavy (non-hydrogen) atoms. The molecule has 1 amide bonds. The highest BCUT2D eigenvalue weighted by Gasteiger charge is 2.13. The van der Waals surface area contributed by atoms with Crippen molar-refractivity contribution in [3.05, 3.63) is 23.8 Å². The molecular formula is C13H21N3O4S. The molecule has 0 aliphatic heterocycles. The fraction of sp³-hybridized carbons (Fsp3) is 0.462. The average molecular weight is 315 g/mol. The van der Waals surface area contributed by atoms with Crippen molar-refractivity contribution in [2.75, 3.05) is 36.6 Å². The molecule has 1 aromatic rings. The van der Waals surface area contributed by atoms with Crippen molar-refractivity contribution in [2.45, 2.75) is 13.8 Å². The standard InChI is InChI=1S/C13H21N3O4S/c1-3-20-6-7-21(18,19)15-9-13(17)16-12-8-11(14)5-4-10(12)2/h4-5,8,15H,3,6-7,9,14H2,1-2H3,(H,16,17). The van der Waals surface area contributed by atoms with Gasteiger partial charge in [-0.25, -0.2) is 13.1 Å². The molecule has 0 aromatic heterocycles. The predicted octanol–water partition coefficient (Wildman–Crippen LogP) is 0.472. The zero-order chi connectivity index (χ0) is 15.9. The van der Waals surface area contributed by atoms with Crippen LogP contribution in [-0.2, 0) is 19.6 Å². The van der Waals surface area contributed by atoms with Crippen LogP contribution in [0.15, 0.2) is 18.2 Å². The van der Waals surface area contributed by atoms with Crippen molar-refractivity contribution in [2.24, 2.45) is 0 Å². The van der Waals surface area contributed by atoms with E-state index in [1.165, 1.54) is 0 Å². The van der Waals surface area contributed by atoms with Crippen LogP contribution in [0.25, 0.3) is 0 Å².